The second kappa shape index (κ2) is 8.55. The molecule has 0 heterocycles. The predicted molar refractivity (Wildman–Crippen MR) is 102 cm³/mol. The van der Waals surface area contributed by atoms with E-state index in [-0.39, 0.29) is 23.3 Å². The predicted octanol–water partition coefficient (Wildman–Crippen LogP) is 3.92. The summed E-state index contributed by atoms with van der Waals surface area (Å²) in [6.07, 6.45) is 0. The minimum atomic E-state index is -0.108. The number of thioether (sulfide) groups is 1. The van der Waals surface area contributed by atoms with Crippen molar-refractivity contribution in [3.05, 3.63) is 59.2 Å². The van der Waals surface area contributed by atoms with Crippen molar-refractivity contribution in [1.29, 1.82) is 0 Å². The number of aryl methyl sites for hydroxylation is 3. The lowest BCUT2D eigenvalue weighted by molar-refractivity contribution is -0.114. The summed E-state index contributed by atoms with van der Waals surface area (Å²) in [6.45, 7) is 6.04. The van der Waals surface area contributed by atoms with E-state index >= 15 is 0 Å². The lowest BCUT2D eigenvalue weighted by Crippen LogP contribution is -2.18. The minimum Gasteiger partial charge on any atom is -0.325 e. The molecule has 0 aliphatic rings. The normalized spacial score (nSPS) is 10.3. The smallest absolute Gasteiger partial charge is 0.234 e. The van der Waals surface area contributed by atoms with E-state index in [0.29, 0.717) is 0 Å². The molecule has 2 aromatic rings. The highest BCUT2D eigenvalue weighted by Crippen LogP contribution is 2.15. The molecule has 0 saturated heterocycles. The molecule has 0 aliphatic carbocycles. The molecule has 24 heavy (non-hydrogen) atoms. The van der Waals surface area contributed by atoms with Gasteiger partial charge in [-0.2, -0.15) is 0 Å². The maximum Gasteiger partial charge on any atom is 0.234 e. The van der Waals surface area contributed by atoms with Crippen molar-refractivity contribution < 1.29 is 9.59 Å². The van der Waals surface area contributed by atoms with Gasteiger partial charge >= 0.3 is 0 Å². The Kier molecular flexibility index (Phi) is 6.44. The Morgan fingerprint density at radius 1 is 0.792 bits per heavy atom. The summed E-state index contributed by atoms with van der Waals surface area (Å²) in [5.74, 6) is 0.275. The summed E-state index contributed by atoms with van der Waals surface area (Å²) in [6, 6.07) is 13.4. The van der Waals surface area contributed by atoms with Crippen LogP contribution in [0.5, 0.6) is 0 Å². The number of hydrogen-bond donors (Lipinski definition) is 2. The van der Waals surface area contributed by atoms with Crippen molar-refractivity contribution in [2.45, 2.75) is 20.8 Å². The molecule has 0 saturated carbocycles. The largest absolute Gasteiger partial charge is 0.325 e. The van der Waals surface area contributed by atoms with Crippen LogP contribution in [0.2, 0.25) is 0 Å². The van der Waals surface area contributed by atoms with Gasteiger partial charge in [0.25, 0.3) is 0 Å². The first kappa shape index (κ1) is 18.1. The highest BCUT2D eigenvalue weighted by molar-refractivity contribution is 8.00. The van der Waals surface area contributed by atoms with Crippen LogP contribution in [0.15, 0.2) is 42.5 Å². The Hall–Kier alpha value is -2.27. The Balaban J connectivity index is 1.72. The lowest BCUT2D eigenvalue weighted by Gasteiger charge is -2.08. The van der Waals surface area contributed by atoms with E-state index < -0.39 is 0 Å². The Bertz CT molecular complexity index is 727. The van der Waals surface area contributed by atoms with Crippen LogP contribution < -0.4 is 10.6 Å². The molecule has 0 spiro atoms. The fourth-order valence-corrected chi connectivity index (χ4v) is 2.70. The zero-order valence-corrected chi connectivity index (χ0v) is 15.0. The van der Waals surface area contributed by atoms with Gasteiger partial charge in [0.1, 0.15) is 0 Å². The average molecular weight is 342 g/mol. The van der Waals surface area contributed by atoms with Crippen molar-refractivity contribution in [3.8, 4) is 0 Å². The quantitative estimate of drug-likeness (QED) is 0.836. The van der Waals surface area contributed by atoms with Gasteiger partial charge in [-0.25, -0.2) is 0 Å². The molecule has 0 aliphatic heterocycles. The monoisotopic (exact) mass is 342 g/mol. The van der Waals surface area contributed by atoms with Crippen molar-refractivity contribution in [1.82, 2.24) is 0 Å². The molecule has 0 fully saturated rings. The molecule has 2 aromatic carbocycles. The SMILES string of the molecule is Cc1ccc(NC(=O)CSCC(=O)Nc2ccc(C)c(C)c2)cc1. The summed E-state index contributed by atoms with van der Waals surface area (Å²) in [5, 5.41) is 5.66. The molecule has 2 N–H and O–H groups in total. The zero-order valence-electron chi connectivity index (χ0n) is 14.2. The molecule has 0 bridgehead atoms. The summed E-state index contributed by atoms with van der Waals surface area (Å²) < 4.78 is 0. The third kappa shape index (κ3) is 5.74. The van der Waals surface area contributed by atoms with Gasteiger partial charge in [-0.15, -0.1) is 11.8 Å². The Labute approximate surface area is 147 Å². The molecule has 0 radical (unpaired) electrons. The number of carbonyl (C=O) groups excluding carboxylic acids is 2. The first-order valence-corrected chi connectivity index (χ1v) is 8.91. The fourth-order valence-electron chi connectivity index (χ4n) is 2.09. The van der Waals surface area contributed by atoms with Gasteiger partial charge in [-0.3, -0.25) is 9.59 Å². The average Bonchev–Trinajstić information content (AvgIpc) is 2.53. The van der Waals surface area contributed by atoms with Crippen molar-refractivity contribution >= 4 is 35.0 Å². The first-order valence-electron chi connectivity index (χ1n) is 7.75. The van der Waals surface area contributed by atoms with Gasteiger partial charge in [-0.1, -0.05) is 23.8 Å². The molecule has 0 atom stereocenters. The van der Waals surface area contributed by atoms with Crippen LogP contribution in [0.25, 0.3) is 0 Å². The van der Waals surface area contributed by atoms with Gasteiger partial charge in [0.15, 0.2) is 0 Å². The van der Waals surface area contributed by atoms with Crippen molar-refractivity contribution in [3.63, 3.8) is 0 Å². The van der Waals surface area contributed by atoms with Crippen LogP contribution in [-0.4, -0.2) is 23.3 Å². The molecule has 5 heteroatoms. The summed E-state index contributed by atoms with van der Waals surface area (Å²) in [7, 11) is 0. The Morgan fingerprint density at radius 3 is 1.92 bits per heavy atom. The number of amides is 2. The van der Waals surface area contributed by atoms with Gasteiger partial charge in [0.2, 0.25) is 11.8 Å². The van der Waals surface area contributed by atoms with E-state index in [4.69, 9.17) is 0 Å². The molecule has 126 valence electrons. The molecule has 0 unspecified atom stereocenters. The van der Waals surface area contributed by atoms with Crippen LogP contribution in [0.1, 0.15) is 16.7 Å². The summed E-state index contributed by atoms with van der Waals surface area (Å²) >= 11 is 1.29. The first-order chi connectivity index (χ1) is 11.4. The van der Waals surface area contributed by atoms with Gasteiger partial charge in [0, 0.05) is 11.4 Å². The van der Waals surface area contributed by atoms with E-state index in [2.05, 4.69) is 10.6 Å². The highest BCUT2D eigenvalue weighted by atomic mass is 32.2. The van der Waals surface area contributed by atoms with E-state index in [1.807, 2.05) is 63.2 Å². The topological polar surface area (TPSA) is 58.2 Å². The van der Waals surface area contributed by atoms with Gasteiger partial charge < -0.3 is 10.6 Å². The number of benzene rings is 2. The molecular weight excluding hydrogens is 320 g/mol. The fraction of sp³-hybridized carbons (Fsp3) is 0.263. The van der Waals surface area contributed by atoms with Gasteiger partial charge in [0.05, 0.1) is 11.5 Å². The van der Waals surface area contributed by atoms with Crippen LogP contribution in [-0.2, 0) is 9.59 Å². The van der Waals surface area contributed by atoms with Crippen LogP contribution in [0.3, 0.4) is 0 Å². The summed E-state index contributed by atoms with van der Waals surface area (Å²) in [5.41, 5.74) is 5.03. The molecule has 0 aromatic heterocycles. The van der Waals surface area contributed by atoms with Crippen molar-refractivity contribution in [2.75, 3.05) is 22.1 Å². The number of rotatable bonds is 6. The second-order valence-corrected chi connectivity index (χ2v) is 6.74. The highest BCUT2D eigenvalue weighted by Gasteiger charge is 2.07. The second-order valence-electron chi connectivity index (χ2n) is 5.75. The minimum absolute atomic E-state index is 0.105. The van der Waals surface area contributed by atoms with Crippen LogP contribution >= 0.6 is 11.8 Å². The van der Waals surface area contributed by atoms with Crippen molar-refractivity contribution in [2.24, 2.45) is 0 Å². The number of hydrogen-bond acceptors (Lipinski definition) is 3. The number of anilines is 2. The molecule has 2 amide bonds. The third-order valence-electron chi connectivity index (χ3n) is 3.59. The third-order valence-corrected chi connectivity index (χ3v) is 4.52. The number of nitrogens with one attached hydrogen (secondary N) is 2. The maximum atomic E-state index is 11.9. The van der Waals surface area contributed by atoms with Gasteiger partial charge in [-0.05, 0) is 56.2 Å². The van der Waals surface area contributed by atoms with Crippen LogP contribution in [0.4, 0.5) is 11.4 Å². The van der Waals surface area contributed by atoms with E-state index in [1.54, 1.807) is 0 Å². The Morgan fingerprint density at radius 2 is 1.33 bits per heavy atom. The van der Waals surface area contributed by atoms with E-state index in [1.165, 1.54) is 17.3 Å². The molecule has 2 rings (SSSR count). The zero-order chi connectivity index (χ0) is 17.5. The number of carbonyl (C=O) groups is 2. The van der Waals surface area contributed by atoms with E-state index in [9.17, 15) is 9.59 Å². The molecular formula is C19H22N2O2S. The van der Waals surface area contributed by atoms with E-state index in [0.717, 1.165) is 22.5 Å². The lowest BCUT2D eigenvalue weighted by atomic mass is 10.1. The summed E-state index contributed by atoms with van der Waals surface area (Å²) in [4.78, 5) is 23.8. The standard InChI is InChI=1S/C19H22N2O2S/c1-13-4-7-16(8-5-13)20-18(22)11-24-12-19(23)21-17-9-6-14(2)15(3)10-17/h4-10H,11-12H2,1-3H3,(H,20,22)(H,21,23). The molecule has 4 nitrogen and oxygen atoms in total. The maximum absolute atomic E-state index is 11.9. The van der Waals surface area contributed by atoms with Crippen LogP contribution in [0, 0.1) is 20.8 Å².